The lowest BCUT2D eigenvalue weighted by Crippen LogP contribution is -2.10. The predicted molar refractivity (Wildman–Crippen MR) is 65.1 cm³/mol. The number of ketones is 1. The molecule has 0 bridgehead atoms. The number of carbonyl (C=O) groups excluding carboxylic acids is 2. The number of rotatable bonds is 5. The summed E-state index contributed by atoms with van der Waals surface area (Å²) < 4.78 is 27.5. The highest BCUT2D eigenvalue weighted by atomic mass is 32.2. The molecule has 0 aliphatic heterocycles. The van der Waals surface area contributed by atoms with Crippen LogP contribution in [0.2, 0.25) is 0 Å². The zero-order chi connectivity index (χ0) is 13.8. The second-order valence-electron chi connectivity index (χ2n) is 3.60. The molecule has 0 aliphatic rings. The van der Waals surface area contributed by atoms with Crippen LogP contribution < -0.4 is 0 Å². The molecule has 0 N–H and O–H groups in total. The summed E-state index contributed by atoms with van der Waals surface area (Å²) in [5.41, 5.74) is 0.287. The van der Waals surface area contributed by atoms with Gasteiger partial charge in [0.05, 0.1) is 17.8 Å². The van der Waals surface area contributed by atoms with E-state index in [1.165, 1.54) is 31.4 Å². The van der Waals surface area contributed by atoms with Gasteiger partial charge in [-0.1, -0.05) is 19.1 Å². The Bertz CT molecular complexity index is 542. The van der Waals surface area contributed by atoms with E-state index in [1.807, 2.05) is 0 Å². The fourth-order valence-corrected chi connectivity index (χ4v) is 2.20. The van der Waals surface area contributed by atoms with Gasteiger partial charge in [0.2, 0.25) is 0 Å². The number of esters is 1. The maximum absolute atomic E-state index is 11.6. The molecule has 5 nitrogen and oxygen atoms in total. The number of Topliss-reactive ketones (excluding diaryl/α,β-unsaturated/α-hetero) is 1. The summed E-state index contributed by atoms with van der Waals surface area (Å²) in [6, 6.07) is 5.52. The van der Waals surface area contributed by atoms with Gasteiger partial charge in [-0.3, -0.25) is 9.59 Å². The fraction of sp³-hybridized carbons (Fsp3) is 0.333. The zero-order valence-electron chi connectivity index (χ0n) is 10.2. The van der Waals surface area contributed by atoms with Crippen molar-refractivity contribution < 1.29 is 22.7 Å². The summed E-state index contributed by atoms with van der Waals surface area (Å²) in [7, 11) is -2.07. The van der Waals surface area contributed by atoms with E-state index < -0.39 is 21.6 Å². The summed E-state index contributed by atoms with van der Waals surface area (Å²) in [4.78, 5) is 22.7. The van der Waals surface area contributed by atoms with E-state index in [0.29, 0.717) is 0 Å². The van der Waals surface area contributed by atoms with Crippen molar-refractivity contribution in [3.8, 4) is 0 Å². The Labute approximate surface area is 106 Å². The van der Waals surface area contributed by atoms with Crippen LogP contribution in [0, 0.1) is 0 Å². The van der Waals surface area contributed by atoms with E-state index in [4.69, 9.17) is 0 Å². The lowest BCUT2D eigenvalue weighted by atomic mass is 10.1. The quantitative estimate of drug-likeness (QED) is 0.457. The maximum atomic E-state index is 11.6. The largest absolute Gasteiger partial charge is 0.469 e. The normalized spacial score (nSPS) is 11.0. The van der Waals surface area contributed by atoms with Gasteiger partial charge < -0.3 is 4.74 Å². The Kier molecular flexibility index (Phi) is 4.61. The fourth-order valence-electron chi connectivity index (χ4n) is 1.32. The highest BCUT2D eigenvalue weighted by Gasteiger charge is 2.14. The van der Waals surface area contributed by atoms with Crippen LogP contribution in [0.25, 0.3) is 0 Å². The number of ether oxygens (including phenoxy) is 1. The first kappa shape index (κ1) is 14.4. The maximum Gasteiger partial charge on any atom is 0.313 e. The van der Waals surface area contributed by atoms with Crippen LogP contribution in [0.4, 0.5) is 0 Å². The number of methoxy groups -OCH3 is 1. The van der Waals surface area contributed by atoms with E-state index in [-0.39, 0.29) is 22.6 Å². The molecule has 0 radical (unpaired) electrons. The third-order valence-corrected chi connectivity index (χ3v) is 4.20. The molecule has 0 aliphatic carbocycles. The molecule has 0 saturated carbocycles. The van der Waals surface area contributed by atoms with Gasteiger partial charge >= 0.3 is 5.97 Å². The van der Waals surface area contributed by atoms with E-state index >= 15 is 0 Å². The van der Waals surface area contributed by atoms with Crippen molar-refractivity contribution in [2.45, 2.75) is 18.2 Å². The number of sulfone groups is 1. The molecule has 1 aromatic rings. The topological polar surface area (TPSA) is 77.5 Å². The van der Waals surface area contributed by atoms with Crippen LogP contribution in [0.3, 0.4) is 0 Å². The first-order valence-corrected chi connectivity index (χ1v) is 6.98. The van der Waals surface area contributed by atoms with Gasteiger partial charge in [-0.2, -0.15) is 0 Å². The van der Waals surface area contributed by atoms with Crippen molar-refractivity contribution in [3.63, 3.8) is 0 Å². The molecule has 0 aromatic heterocycles. The van der Waals surface area contributed by atoms with Gasteiger partial charge in [-0.25, -0.2) is 8.42 Å². The van der Waals surface area contributed by atoms with E-state index in [0.717, 1.165) is 0 Å². The van der Waals surface area contributed by atoms with Crippen LogP contribution in [0.15, 0.2) is 29.2 Å². The molecule has 1 rings (SSSR count). The van der Waals surface area contributed by atoms with Crippen molar-refractivity contribution in [3.05, 3.63) is 29.8 Å². The Morgan fingerprint density at radius 3 is 2.17 bits per heavy atom. The molecule has 0 fully saturated rings. The highest BCUT2D eigenvalue weighted by molar-refractivity contribution is 7.91. The zero-order valence-corrected chi connectivity index (χ0v) is 11.0. The average Bonchev–Trinajstić information content (AvgIpc) is 2.38. The third kappa shape index (κ3) is 3.40. The van der Waals surface area contributed by atoms with Gasteiger partial charge in [-0.05, 0) is 12.1 Å². The number of carbonyl (C=O) groups is 2. The molecule has 0 unspecified atom stereocenters. The number of hydrogen-bond acceptors (Lipinski definition) is 5. The minimum absolute atomic E-state index is 0.00243. The third-order valence-electron chi connectivity index (χ3n) is 2.45. The van der Waals surface area contributed by atoms with Crippen LogP contribution in [0.5, 0.6) is 0 Å². The second kappa shape index (κ2) is 5.77. The SMILES string of the molecule is CCS(=O)(=O)c1ccc(C(=O)CC(=O)OC)cc1. The van der Waals surface area contributed by atoms with E-state index in [2.05, 4.69) is 4.74 Å². The van der Waals surface area contributed by atoms with E-state index in [9.17, 15) is 18.0 Å². The summed E-state index contributed by atoms with van der Waals surface area (Å²) in [5.74, 6) is -1.02. The van der Waals surface area contributed by atoms with Crippen LogP contribution in [-0.4, -0.2) is 33.0 Å². The van der Waals surface area contributed by atoms with Crippen LogP contribution in [-0.2, 0) is 19.4 Å². The molecular weight excluding hydrogens is 256 g/mol. The van der Waals surface area contributed by atoms with Crippen molar-refractivity contribution in [1.29, 1.82) is 0 Å². The Morgan fingerprint density at radius 2 is 1.72 bits per heavy atom. The van der Waals surface area contributed by atoms with Crippen molar-refractivity contribution in [1.82, 2.24) is 0 Å². The van der Waals surface area contributed by atoms with Gasteiger partial charge in [0.25, 0.3) is 0 Å². The first-order chi connectivity index (χ1) is 8.40. The highest BCUT2D eigenvalue weighted by Crippen LogP contribution is 2.13. The molecule has 0 saturated heterocycles. The summed E-state index contributed by atoms with van der Waals surface area (Å²) >= 11 is 0. The molecule has 0 heterocycles. The van der Waals surface area contributed by atoms with Gasteiger partial charge in [-0.15, -0.1) is 0 Å². The van der Waals surface area contributed by atoms with Crippen molar-refractivity contribution >= 4 is 21.6 Å². The van der Waals surface area contributed by atoms with Gasteiger partial charge in [0, 0.05) is 5.56 Å². The monoisotopic (exact) mass is 270 g/mol. The average molecular weight is 270 g/mol. The van der Waals surface area contributed by atoms with E-state index in [1.54, 1.807) is 6.92 Å². The lowest BCUT2D eigenvalue weighted by Gasteiger charge is -2.03. The molecule has 6 heteroatoms. The van der Waals surface area contributed by atoms with Crippen molar-refractivity contribution in [2.24, 2.45) is 0 Å². The minimum Gasteiger partial charge on any atom is -0.469 e. The van der Waals surface area contributed by atoms with Crippen molar-refractivity contribution in [2.75, 3.05) is 12.9 Å². The molecule has 0 atom stereocenters. The molecule has 0 spiro atoms. The summed E-state index contributed by atoms with van der Waals surface area (Å²) in [6.45, 7) is 1.55. The Balaban J connectivity index is 2.90. The molecule has 0 amide bonds. The van der Waals surface area contributed by atoms with Crippen LogP contribution >= 0.6 is 0 Å². The van der Waals surface area contributed by atoms with Gasteiger partial charge in [0.15, 0.2) is 15.6 Å². The predicted octanol–water partition coefficient (Wildman–Crippen LogP) is 1.23. The second-order valence-corrected chi connectivity index (χ2v) is 5.88. The minimum atomic E-state index is -3.27. The van der Waals surface area contributed by atoms with Gasteiger partial charge in [0.1, 0.15) is 6.42 Å². The molecule has 1 aromatic carbocycles. The standard InChI is InChI=1S/C12H14O5S/c1-3-18(15,16)10-6-4-9(5-7-10)11(13)8-12(14)17-2/h4-7H,3,8H2,1-2H3. The Hall–Kier alpha value is -1.69. The smallest absolute Gasteiger partial charge is 0.313 e. The summed E-state index contributed by atoms with van der Waals surface area (Å²) in [6.07, 6.45) is -0.351. The summed E-state index contributed by atoms with van der Waals surface area (Å²) in [5, 5.41) is 0. The number of hydrogen-bond donors (Lipinski definition) is 0. The molecular formula is C12H14O5S. The van der Waals surface area contributed by atoms with Crippen LogP contribution in [0.1, 0.15) is 23.7 Å². The first-order valence-electron chi connectivity index (χ1n) is 5.33. The lowest BCUT2D eigenvalue weighted by molar-refractivity contribution is -0.139. The molecule has 18 heavy (non-hydrogen) atoms. The number of benzene rings is 1. The molecule has 98 valence electrons. The Morgan fingerprint density at radius 1 is 1.17 bits per heavy atom.